The largest absolute Gasteiger partial charge is 0.307 e. The van der Waals surface area contributed by atoms with Gasteiger partial charge in [-0.3, -0.25) is 9.59 Å². The lowest BCUT2D eigenvalue weighted by Crippen LogP contribution is -2.24. The van der Waals surface area contributed by atoms with Crippen molar-refractivity contribution in [3.05, 3.63) is 88.5 Å². The van der Waals surface area contributed by atoms with Gasteiger partial charge in [-0.1, -0.05) is 60.7 Å². The van der Waals surface area contributed by atoms with Crippen LogP contribution in [-0.4, -0.2) is 15.8 Å². The highest BCUT2D eigenvalue weighted by molar-refractivity contribution is 5.73. The van der Waals surface area contributed by atoms with Gasteiger partial charge in [0.15, 0.2) is 6.29 Å². The Labute approximate surface area is 127 Å². The molecule has 4 nitrogen and oxygen atoms in total. The van der Waals surface area contributed by atoms with Crippen LogP contribution < -0.4 is 5.56 Å². The number of rotatable bonds is 4. The fourth-order valence-electron chi connectivity index (χ4n) is 2.30. The second-order valence-corrected chi connectivity index (χ2v) is 4.92. The van der Waals surface area contributed by atoms with E-state index in [0.717, 1.165) is 5.56 Å². The van der Waals surface area contributed by atoms with Gasteiger partial charge in [0.25, 0.3) is 5.56 Å². The van der Waals surface area contributed by atoms with E-state index in [0.29, 0.717) is 24.1 Å². The summed E-state index contributed by atoms with van der Waals surface area (Å²) in [4.78, 5) is 27.9. The number of benzene rings is 2. The Hall–Kier alpha value is -3.01. The van der Waals surface area contributed by atoms with E-state index in [1.54, 1.807) is 0 Å². The first-order valence-corrected chi connectivity index (χ1v) is 6.94. The van der Waals surface area contributed by atoms with Crippen LogP contribution in [0.25, 0.3) is 11.3 Å². The van der Waals surface area contributed by atoms with Crippen molar-refractivity contribution < 1.29 is 4.79 Å². The number of aldehydes is 1. The van der Waals surface area contributed by atoms with Crippen molar-refractivity contribution in [1.82, 2.24) is 9.55 Å². The van der Waals surface area contributed by atoms with E-state index in [1.165, 1.54) is 10.8 Å². The number of hydrogen-bond acceptors (Lipinski definition) is 3. The number of nitrogens with zero attached hydrogens (tertiary/aromatic N) is 2. The van der Waals surface area contributed by atoms with Crippen LogP contribution in [0.15, 0.2) is 71.7 Å². The van der Waals surface area contributed by atoms with Crippen LogP contribution >= 0.6 is 0 Å². The SMILES string of the molecule is O=Cc1cn(Cc2ccccc2)c(=O)c(-c2ccccc2)n1. The third-order valence-electron chi connectivity index (χ3n) is 3.36. The van der Waals surface area contributed by atoms with Crippen molar-refractivity contribution in [1.29, 1.82) is 0 Å². The molecule has 3 rings (SSSR count). The molecule has 0 unspecified atom stereocenters. The summed E-state index contributed by atoms with van der Waals surface area (Å²) in [5.74, 6) is 0. The summed E-state index contributed by atoms with van der Waals surface area (Å²) in [7, 11) is 0. The molecule has 108 valence electrons. The van der Waals surface area contributed by atoms with Gasteiger partial charge in [0, 0.05) is 11.8 Å². The molecule has 0 aliphatic heterocycles. The molecule has 1 aromatic heterocycles. The lowest BCUT2D eigenvalue weighted by molar-refractivity contribution is 0.111. The topological polar surface area (TPSA) is 52.0 Å². The maximum atomic E-state index is 12.6. The highest BCUT2D eigenvalue weighted by atomic mass is 16.1. The third-order valence-corrected chi connectivity index (χ3v) is 3.36. The second-order valence-electron chi connectivity index (χ2n) is 4.92. The summed E-state index contributed by atoms with van der Waals surface area (Å²) in [5, 5.41) is 0. The normalized spacial score (nSPS) is 10.4. The minimum Gasteiger partial charge on any atom is -0.307 e. The van der Waals surface area contributed by atoms with Crippen molar-refractivity contribution in [2.24, 2.45) is 0 Å². The van der Waals surface area contributed by atoms with Gasteiger partial charge in [-0.05, 0) is 5.56 Å². The van der Waals surface area contributed by atoms with E-state index in [2.05, 4.69) is 4.98 Å². The van der Waals surface area contributed by atoms with E-state index in [-0.39, 0.29) is 11.3 Å². The molecule has 2 aromatic carbocycles. The van der Waals surface area contributed by atoms with Crippen LogP contribution in [0.5, 0.6) is 0 Å². The molecule has 4 heteroatoms. The third kappa shape index (κ3) is 2.86. The van der Waals surface area contributed by atoms with E-state index in [9.17, 15) is 9.59 Å². The van der Waals surface area contributed by atoms with Gasteiger partial charge in [0.2, 0.25) is 0 Å². The molecule has 0 amide bonds. The highest BCUT2D eigenvalue weighted by Crippen LogP contribution is 2.13. The molecule has 0 spiro atoms. The van der Waals surface area contributed by atoms with Gasteiger partial charge in [-0.2, -0.15) is 0 Å². The quantitative estimate of drug-likeness (QED) is 0.694. The number of carbonyl (C=O) groups excluding carboxylic acids is 1. The second kappa shape index (κ2) is 6.18. The van der Waals surface area contributed by atoms with Crippen molar-refractivity contribution in [2.45, 2.75) is 6.54 Å². The van der Waals surface area contributed by atoms with E-state index in [1.807, 2.05) is 60.7 Å². The highest BCUT2D eigenvalue weighted by Gasteiger charge is 2.10. The zero-order valence-corrected chi connectivity index (χ0v) is 11.8. The summed E-state index contributed by atoms with van der Waals surface area (Å²) in [6, 6.07) is 18.8. The molecular formula is C18H14N2O2. The molecule has 3 aromatic rings. The molecular weight excluding hydrogens is 276 g/mol. The summed E-state index contributed by atoms with van der Waals surface area (Å²) >= 11 is 0. The minimum absolute atomic E-state index is 0.208. The van der Waals surface area contributed by atoms with Crippen LogP contribution in [-0.2, 0) is 6.54 Å². The molecule has 0 aliphatic carbocycles. The maximum Gasteiger partial charge on any atom is 0.277 e. The molecule has 0 bridgehead atoms. The first-order valence-electron chi connectivity index (χ1n) is 6.94. The Bertz CT molecular complexity index is 840. The molecule has 0 saturated heterocycles. The van der Waals surface area contributed by atoms with Crippen LogP contribution in [0.3, 0.4) is 0 Å². The summed E-state index contributed by atoms with van der Waals surface area (Å²) < 4.78 is 1.52. The average molecular weight is 290 g/mol. The summed E-state index contributed by atoms with van der Waals surface area (Å²) in [5.41, 5.74) is 2.03. The molecule has 22 heavy (non-hydrogen) atoms. The number of hydrogen-bond donors (Lipinski definition) is 0. The molecule has 0 saturated carbocycles. The van der Waals surface area contributed by atoms with Crippen LogP contribution in [0, 0.1) is 0 Å². The predicted octanol–water partition coefficient (Wildman–Crippen LogP) is 2.77. The fraction of sp³-hybridized carbons (Fsp3) is 0.0556. The van der Waals surface area contributed by atoms with Gasteiger partial charge >= 0.3 is 0 Å². The van der Waals surface area contributed by atoms with Gasteiger partial charge in [-0.25, -0.2) is 4.98 Å². The van der Waals surface area contributed by atoms with Crippen molar-refractivity contribution in [2.75, 3.05) is 0 Å². The van der Waals surface area contributed by atoms with Crippen LogP contribution in [0.4, 0.5) is 0 Å². The van der Waals surface area contributed by atoms with Crippen LogP contribution in [0.2, 0.25) is 0 Å². The van der Waals surface area contributed by atoms with Crippen LogP contribution in [0.1, 0.15) is 16.1 Å². The van der Waals surface area contributed by atoms with E-state index < -0.39 is 0 Å². The standard InChI is InChI=1S/C18H14N2O2/c21-13-16-12-20(11-14-7-3-1-4-8-14)18(22)17(19-16)15-9-5-2-6-10-15/h1-10,12-13H,11H2. The molecule has 0 N–H and O–H groups in total. The average Bonchev–Trinajstić information content (AvgIpc) is 2.58. The van der Waals surface area contributed by atoms with E-state index >= 15 is 0 Å². The Morgan fingerprint density at radius 1 is 0.955 bits per heavy atom. The van der Waals surface area contributed by atoms with Crippen molar-refractivity contribution >= 4 is 6.29 Å². The molecule has 1 heterocycles. The molecule has 0 aliphatic rings. The van der Waals surface area contributed by atoms with Gasteiger partial charge in [-0.15, -0.1) is 0 Å². The smallest absolute Gasteiger partial charge is 0.277 e. The Kier molecular flexibility index (Phi) is 3.92. The number of aromatic nitrogens is 2. The summed E-state index contributed by atoms with van der Waals surface area (Å²) in [6.07, 6.45) is 2.15. The molecule has 0 atom stereocenters. The van der Waals surface area contributed by atoms with E-state index in [4.69, 9.17) is 0 Å². The zero-order valence-electron chi connectivity index (χ0n) is 11.8. The summed E-state index contributed by atoms with van der Waals surface area (Å²) in [6.45, 7) is 0.406. The van der Waals surface area contributed by atoms with Gasteiger partial charge < -0.3 is 4.57 Å². The Balaban J connectivity index is 2.11. The lowest BCUT2D eigenvalue weighted by atomic mass is 10.1. The zero-order chi connectivity index (χ0) is 15.4. The molecule has 0 fully saturated rings. The van der Waals surface area contributed by atoms with Gasteiger partial charge in [0.1, 0.15) is 11.4 Å². The lowest BCUT2D eigenvalue weighted by Gasteiger charge is -2.09. The fourth-order valence-corrected chi connectivity index (χ4v) is 2.30. The first kappa shape index (κ1) is 13.9. The monoisotopic (exact) mass is 290 g/mol. The van der Waals surface area contributed by atoms with Crippen molar-refractivity contribution in [3.63, 3.8) is 0 Å². The predicted molar refractivity (Wildman–Crippen MR) is 84.9 cm³/mol. The Morgan fingerprint density at radius 3 is 2.23 bits per heavy atom. The van der Waals surface area contributed by atoms with Crippen molar-refractivity contribution in [3.8, 4) is 11.3 Å². The maximum absolute atomic E-state index is 12.6. The minimum atomic E-state index is -0.208. The molecule has 0 radical (unpaired) electrons. The number of carbonyl (C=O) groups is 1. The van der Waals surface area contributed by atoms with Gasteiger partial charge in [0.05, 0.1) is 6.54 Å². The first-order chi connectivity index (χ1) is 10.8. The Morgan fingerprint density at radius 2 is 1.59 bits per heavy atom.